The number of hydrogen-bond acceptors (Lipinski definition) is 0. The molecule has 0 amide bonds. The van der Waals surface area contributed by atoms with Crippen LogP contribution in [0.25, 0.3) is 0 Å². The van der Waals surface area contributed by atoms with Gasteiger partial charge in [0.1, 0.15) is 0 Å². The molecule has 0 aliphatic heterocycles. The minimum atomic E-state index is 0.514. The van der Waals surface area contributed by atoms with Gasteiger partial charge in [-0.15, -0.1) is 6.58 Å². The molecule has 0 radical (unpaired) electrons. The van der Waals surface area contributed by atoms with Crippen LogP contribution in [0.4, 0.5) is 0 Å². The van der Waals surface area contributed by atoms with E-state index in [1.807, 2.05) is 0 Å². The highest BCUT2D eigenvalue weighted by Gasteiger charge is 2.50. The fourth-order valence-electron chi connectivity index (χ4n) is 1.80. The fourth-order valence-corrected chi connectivity index (χ4v) is 1.80. The van der Waals surface area contributed by atoms with Crippen molar-refractivity contribution in [1.29, 1.82) is 0 Å². The zero-order valence-electron chi connectivity index (χ0n) is 6.65. The number of hydrogen-bond donors (Lipinski definition) is 0. The van der Waals surface area contributed by atoms with Gasteiger partial charge in [-0.05, 0) is 23.7 Å². The lowest BCUT2D eigenvalue weighted by Gasteiger charge is -2.14. The van der Waals surface area contributed by atoms with Crippen LogP contribution in [0, 0.1) is 17.3 Å². The summed E-state index contributed by atoms with van der Waals surface area (Å²) in [5.74, 6) is 1.67. The Bertz CT molecular complexity index is 124. The molecule has 0 aromatic rings. The normalized spacial score (nSPS) is 41.1. The largest absolute Gasteiger partial charge is 0.103 e. The highest BCUT2D eigenvalue weighted by molar-refractivity contribution is 5.12. The summed E-state index contributed by atoms with van der Waals surface area (Å²) >= 11 is 0. The molecule has 0 N–H and O–H groups in total. The summed E-state index contributed by atoms with van der Waals surface area (Å²) in [6.07, 6.45) is 3.50. The maximum Gasteiger partial charge on any atom is -0.00691 e. The van der Waals surface area contributed by atoms with Crippen LogP contribution in [0.1, 0.15) is 27.2 Å². The van der Waals surface area contributed by atoms with Crippen molar-refractivity contribution < 1.29 is 0 Å². The first-order valence-electron chi connectivity index (χ1n) is 3.77. The highest BCUT2D eigenvalue weighted by atomic mass is 14.5. The summed E-state index contributed by atoms with van der Waals surface area (Å²) in [6.45, 7) is 10.7. The number of rotatable bonds is 2. The lowest BCUT2D eigenvalue weighted by atomic mass is 9.90. The summed E-state index contributed by atoms with van der Waals surface area (Å²) in [7, 11) is 0. The molecule has 1 fully saturated rings. The Morgan fingerprint density at radius 3 is 2.11 bits per heavy atom. The van der Waals surface area contributed by atoms with E-state index >= 15 is 0 Å². The number of allylic oxidation sites excluding steroid dienone is 1. The van der Waals surface area contributed by atoms with E-state index in [4.69, 9.17) is 0 Å². The van der Waals surface area contributed by atoms with Gasteiger partial charge in [-0.25, -0.2) is 0 Å². The van der Waals surface area contributed by atoms with Crippen LogP contribution in [0.2, 0.25) is 0 Å². The fraction of sp³-hybridized carbons (Fsp3) is 0.778. The quantitative estimate of drug-likeness (QED) is 0.496. The summed E-state index contributed by atoms with van der Waals surface area (Å²) in [6, 6.07) is 0. The third-order valence-electron chi connectivity index (χ3n) is 2.87. The molecule has 9 heavy (non-hydrogen) atoms. The molecule has 1 saturated carbocycles. The molecule has 0 aromatic carbocycles. The Kier molecular flexibility index (Phi) is 1.42. The monoisotopic (exact) mass is 124 g/mol. The van der Waals surface area contributed by atoms with E-state index in [0.717, 1.165) is 11.8 Å². The lowest BCUT2D eigenvalue weighted by Crippen LogP contribution is -2.07. The van der Waals surface area contributed by atoms with Gasteiger partial charge in [-0.3, -0.25) is 0 Å². The Morgan fingerprint density at radius 2 is 2.11 bits per heavy atom. The van der Waals surface area contributed by atoms with Crippen molar-refractivity contribution in [3.8, 4) is 0 Å². The van der Waals surface area contributed by atoms with Gasteiger partial charge in [-0.1, -0.05) is 26.8 Å². The summed E-state index contributed by atoms with van der Waals surface area (Å²) < 4.78 is 0. The summed E-state index contributed by atoms with van der Waals surface area (Å²) in [4.78, 5) is 0. The molecular formula is C9H16. The standard InChI is InChI=1S/C9H16/c1-5-9(7(2)3)6-8(9)4/h5,7-8H,1,6H2,2-4H3. The second-order valence-electron chi connectivity index (χ2n) is 3.58. The minimum Gasteiger partial charge on any atom is -0.103 e. The molecule has 0 aromatic heterocycles. The van der Waals surface area contributed by atoms with E-state index in [-0.39, 0.29) is 0 Å². The summed E-state index contributed by atoms with van der Waals surface area (Å²) in [5, 5.41) is 0. The molecule has 0 nitrogen and oxygen atoms in total. The van der Waals surface area contributed by atoms with E-state index in [0.29, 0.717) is 5.41 Å². The van der Waals surface area contributed by atoms with Gasteiger partial charge in [0.25, 0.3) is 0 Å². The van der Waals surface area contributed by atoms with Crippen LogP contribution in [-0.4, -0.2) is 0 Å². The molecule has 0 bridgehead atoms. The maximum absolute atomic E-state index is 3.87. The van der Waals surface area contributed by atoms with E-state index in [2.05, 4.69) is 33.4 Å². The van der Waals surface area contributed by atoms with Crippen molar-refractivity contribution in [3.05, 3.63) is 12.7 Å². The zero-order valence-corrected chi connectivity index (χ0v) is 6.65. The molecule has 52 valence electrons. The van der Waals surface area contributed by atoms with Crippen LogP contribution < -0.4 is 0 Å². The third kappa shape index (κ3) is 0.810. The molecule has 2 unspecified atom stereocenters. The first-order valence-corrected chi connectivity index (χ1v) is 3.77. The highest BCUT2D eigenvalue weighted by Crippen LogP contribution is 2.58. The lowest BCUT2D eigenvalue weighted by molar-refractivity contribution is 0.416. The van der Waals surface area contributed by atoms with Crippen molar-refractivity contribution in [1.82, 2.24) is 0 Å². The average molecular weight is 124 g/mol. The Hall–Kier alpha value is -0.260. The van der Waals surface area contributed by atoms with Crippen molar-refractivity contribution in [2.75, 3.05) is 0 Å². The van der Waals surface area contributed by atoms with E-state index in [9.17, 15) is 0 Å². The van der Waals surface area contributed by atoms with Crippen LogP contribution in [0.3, 0.4) is 0 Å². The van der Waals surface area contributed by atoms with Gasteiger partial charge in [-0.2, -0.15) is 0 Å². The van der Waals surface area contributed by atoms with Crippen LogP contribution in [-0.2, 0) is 0 Å². The second kappa shape index (κ2) is 1.86. The molecule has 0 heteroatoms. The summed E-state index contributed by atoms with van der Waals surface area (Å²) in [5.41, 5.74) is 0.514. The predicted octanol–water partition coefficient (Wildman–Crippen LogP) is 2.85. The van der Waals surface area contributed by atoms with E-state index < -0.39 is 0 Å². The van der Waals surface area contributed by atoms with Crippen molar-refractivity contribution in [3.63, 3.8) is 0 Å². The van der Waals surface area contributed by atoms with E-state index in [1.165, 1.54) is 6.42 Å². The Labute approximate surface area is 58.0 Å². The third-order valence-corrected chi connectivity index (χ3v) is 2.87. The van der Waals surface area contributed by atoms with Crippen molar-refractivity contribution in [2.45, 2.75) is 27.2 Å². The van der Waals surface area contributed by atoms with Crippen LogP contribution in [0.15, 0.2) is 12.7 Å². The Balaban J connectivity index is 2.62. The van der Waals surface area contributed by atoms with Gasteiger partial charge in [0.05, 0.1) is 0 Å². The van der Waals surface area contributed by atoms with Gasteiger partial charge < -0.3 is 0 Å². The first kappa shape index (κ1) is 6.85. The molecule has 0 heterocycles. The molecule has 0 spiro atoms. The minimum absolute atomic E-state index is 0.514. The molecule has 1 aliphatic rings. The van der Waals surface area contributed by atoms with Crippen LogP contribution >= 0.6 is 0 Å². The average Bonchev–Trinajstić information content (AvgIpc) is 2.43. The smallest absolute Gasteiger partial charge is 0.00691 e. The first-order chi connectivity index (χ1) is 4.13. The van der Waals surface area contributed by atoms with Crippen LogP contribution in [0.5, 0.6) is 0 Å². The van der Waals surface area contributed by atoms with Gasteiger partial charge >= 0.3 is 0 Å². The van der Waals surface area contributed by atoms with Gasteiger partial charge in [0.2, 0.25) is 0 Å². The second-order valence-corrected chi connectivity index (χ2v) is 3.58. The topological polar surface area (TPSA) is 0 Å². The zero-order chi connectivity index (χ0) is 7.07. The molecule has 1 rings (SSSR count). The molecule has 2 atom stereocenters. The molecular weight excluding hydrogens is 108 g/mol. The van der Waals surface area contributed by atoms with E-state index in [1.54, 1.807) is 0 Å². The van der Waals surface area contributed by atoms with Gasteiger partial charge in [0, 0.05) is 0 Å². The van der Waals surface area contributed by atoms with Crippen molar-refractivity contribution >= 4 is 0 Å². The molecule has 1 aliphatic carbocycles. The predicted molar refractivity (Wildman–Crippen MR) is 41.2 cm³/mol. The molecule has 0 saturated heterocycles. The maximum atomic E-state index is 3.87. The SMILES string of the molecule is C=CC1(C(C)C)CC1C. The van der Waals surface area contributed by atoms with Crippen molar-refractivity contribution in [2.24, 2.45) is 17.3 Å². The van der Waals surface area contributed by atoms with Gasteiger partial charge in [0.15, 0.2) is 0 Å². The Morgan fingerprint density at radius 1 is 1.67 bits per heavy atom.